The van der Waals surface area contributed by atoms with Crippen molar-refractivity contribution in [1.82, 2.24) is 4.98 Å². The Morgan fingerprint density at radius 3 is 3.07 bits per heavy atom. The Hall–Kier alpha value is -2.11. The summed E-state index contributed by atoms with van der Waals surface area (Å²) in [5, 5.41) is 13.3. The molecule has 1 aromatic heterocycles. The van der Waals surface area contributed by atoms with Gasteiger partial charge in [0.1, 0.15) is 6.20 Å². The zero-order chi connectivity index (χ0) is 10.6. The molecule has 0 saturated carbocycles. The summed E-state index contributed by atoms with van der Waals surface area (Å²) in [6.45, 7) is 4.00. The van der Waals surface area contributed by atoms with E-state index in [1.54, 1.807) is 12.1 Å². The van der Waals surface area contributed by atoms with Crippen LogP contribution in [0.2, 0.25) is 0 Å². The summed E-state index contributed by atoms with van der Waals surface area (Å²) in [6.07, 6.45) is 2.96. The van der Waals surface area contributed by atoms with Crippen molar-refractivity contribution in [2.45, 2.75) is 0 Å². The van der Waals surface area contributed by atoms with Crippen molar-refractivity contribution in [3.05, 3.63) is 35.0 Å². The first-order valence-corrected chi connectivity index (χ1v) is 3.90. The van der Waals surface area contributed by atoms with E-state index in [0.717, 1.165) is 0 Å². The molecule has 0 aromatic carbocycles. The van der Waals surface area contributed by atoms with Crippen LogP contribution in [0, 0.1) is 10.1 Å². The lowest BCUT2D eigenvalue weighted by molar-refractivity contribution is -0.388. The van der Waals surface area contributed by atoms with Crippen molar-refractivity contribution in [1.29, 1.82) is 0 Å². The van der Waals surface area contributed by atoms with Crippen LogP contribution in [0.15, 0.2) is 24.9 Å². The molecule has 0 saturated heterocycles. The fourth-order valence-electron chi connectivity index (χ4n) is 0.944. The van der Waals surface area contributed by atoms with E-state index < -0.39 is 4.92 Å². The first-order chi connectivity index (χ1) is 6.66. The van der Waals surface area contributed by atoms with Gasteiger partial charge in [-0.2, -0.15) is 0 Å². The minimum absolute atomic E-state index is 0.0411. The first-order valence-electron chi connectivity index (χ1n) is 3.90. The van der Waals surface area contributed by atoms with Crippen molar-refractivity contribution in [3.8, 4) is 0 Å². The normalized spacial score (nSPS) is 9.43. The fourth-order valence-corrected chi connectivity index (χ4v) is 0.944. The Morgan fingerprint density at radius 1 is 1.79 bits per heavy atom. The Labute approximate surface area is 80.6 Å². The number of pyridine rings is 1. The highest BCUT2D eigenvalue weighted by Crippen LogP contribution is 2.25. The molecule has 0 bridgehead atoms. The SMILES string of the molecule is C=CCNc1ccnc([N+](=O)[O-])c1N. The van der Waals surface area contributed by atoms with Crippen LogP contribution in [0.25, 0.3) is 0 Å². The number of hydrogen-bond donors (Lipinski definition) is 2. The molecule has 0 amide bonds. The summed E-state index contributed by atoms with van der Waals surface area (Å²) in [5.41, 5.74) is 6.06. The number of anilines is 2. The van der Waals surface area contributed by atoms with Gasteiger partial charge >= 0.3 is 5.82 Å². The van der Waals surface area contributed by atoms with E-state index in [1.165, 1.54) is 6.20 Å². The number of hydrogen-bond acceptors (Lipinski definition) is 5. The number of nitrogens with zero attached hydrogens (tertiary/aromatic N) is 2. The van der Waals surface area contributed by atoms with Gasteiger partial charge in [-0.1, -0.05) is 6.08 Å². The summed E-state index contributed by atoms with van der Waals surface area (Å²) in [6, 6.07) is 1.58. The largest absolute Gasteiger partial charge is 0.390 e. The van der Waals surface area contributed by atoms with Gasteiger partial charge in [-0.15, -0.1) is 6.58 Å². The molecular weight excluding hydrogens is 184 g/mol. The minimum atomic E-state index is -0.617. The monoisotopic (exact) mass is 194 g/mol. The quantitative estimate of drug-likeness (QED) is 0.426. The Kier molecular flexibility index (Phi) is 3.01. The summed E-state index contributed by atoms with van der Waals surface area (Å²) in [4.78, 5) is 13.4. The summed E-state index contributed by atoms with van der Waals surface area (Å²) in [7, 11) is 0. The molecule has 1 aromatic rings. The van der Waals surface area contributed by atoms with Crippen molar-refractivity contribution >= 4 is 17.2 Å². The maximum Gasteiger partial charge on any atom is 0.388 e. The van der Waals surface area contributed by atoms with Gasteiger partial charge in [0.05, 0.1) is 5.69 Å². The highest BCUT2D eigenvalue weighted by Gasteiger charge is 2.15. The van der Waals surface area contributed by atoms with Gasteiger partial charge in [0.15, 0.2) is 5.69 Å². The molecule has 1 rings (SSSR count). The van der Waals surface area contributed by atoms with Crippen molar-refractivity contribution in [2.24, 2.45) is 0 Å². The molecule has 0 spiro atoms. The topological polar surface area (TPSA) is 94.1 Å². The summed E-state index contributed by atoms with van der Waals surface area (Å²) in [5.74, 6) is -0.334. The maximum absolute atomic E-state index is 10.5. The van der Waals surface area contributed by atoms with Crippen molar-refractivity contribution < 1.29 is 4.92 Å². The van der Waals surface area contributed by atoms with Crippen LogP contribution < -0.4 is 11.1 Å². The van der Waals surface area contributed by atoms with Crippen molar-refractivity contribution in [3.63, 3.8) is 0 Å². The molecule has 0 aliphatic rings. The third-order valence-corrected chi connectivity index (χ3v) is 1.58. The number of nitro groups is 1. The number of nitrogens with two attached hydrogens (primary N) is 1. The van der Waals surface area contributed by atoms with Gasteiger partial charge in [-0.25, -0.2) is 0 Å². The van der Waals surface area contributed by atoms with Gasteiger partial charge in [-0.05, 0) is 9.91 Å². The average molecular weight is 194 g/mol. The van der Waals surface area contributed by atoms with E-state index >= 15 is 0 Å². The van der Waals surface area contributed by atoms with Crippen LogP contribution in [0.3, 0.4) is 0 Å². The molecule has 0 fully saturated rings. The Balaban J connectivity index is 3.01. The molecule has 0 radical (unpaired) electrons. The van der Waals surface area contributed by atoms with Gasteiger partial charge < -0.3 is 21.2 Å². The molecule has 74 valence electrons. The second kappa shape index (κ2) is 4.22. The first kappa shape index (κ1) is 9.97. The molecular formula is C8H10N4O2. The van der Waals surface area contributed by atoms with Crippen LogP contribution in [0.4, 0.5) is 17.2 Å². The number of nitrogens with one attached hydrogen (secondary N) is 1. The van der Waals surface area contributed by atoms with Crippen LogP contribution in [-0.2, 0) is 0 Å². The fraction of sp³-hybridized carbons (Fsp3) is 0.125. The lowest BCUT2D eigenvalue weighted by Gasteiger charge is -2.05. The zero-order valence-corrected chi connectivity index (χ0v) is 7.43. The smallest absolute Gasteiger partial charge is 0.388 e. The number of rotatable bonds is 4. The van der Waals surface area contributed by atoms with E-state index in [1.807, 2.05) is 0 Å². The van der Waals surface area contributed by atoms with Crippen LogP contribution in [-0.4, -0.2) is 16.5 Å². The third kappa shape index (κ3) is 1.98. The second-order valence-corrected chi connectivity index (χ2v) is 2.52. The molecule has 6 heteroatoms. The van der Waals surface area contributed by atoms with E-state index in [4.69, 9.17) is 5.73 Å². The Morgan fingerprint density at radius 2 is 2.50 bits per heavy atom. The third-order valence-electron chi connectivity index (χ3n) is 1.58. The van der Waals surface area contributed by atoms with E-state index in [2.05, 4.69) is 16.9 Å². The highest BCUT2D eigenvalue weighted by molar-refractivity contribution is 5.73. The molecule has 0 atom stereocenters. The molecule has 1 heterocycles. The van der Waals surface area contributed by atoms with Crippen molar-refractivity contribution in [2.75, 3.05) is 17.6 Å². The summed E-state index contributed by atoms with van der Waals surface area (Å²) < 4.78 is 0. The van der Waals surface area contributed by atoms with E-state index in [-0.39, 0.29) is 11.5 Å². The van der Waals surface area contributed by atoms with E-state index in [0.29, 0.717) is 12.2 Å². The predicted octanol–water partition coefficient (Wildman–Crippen LogP) is 1.17. The minimum Gasteiger partial charge on any atom is -0.390 e. The van der Waals surface area contributed by atoms with Gasteiger partial charge in [-0.3, -0.25) is 0 Å². The lowest BCUT2D eigenvalue weighted by Crippen LogP contribution is -2.05. The molecule has 0 aliphatic carbocycles. The van der Waals surface area contributed by atoms with E-state index in [9.17, 15) is 10.1 Å². The highest BCUT2D eigenvalue weighted by atomic mass is 16.6. The van der Waals surface area contributed by atoms with Crippen LogP contribution in [0.1, 0.15) is 0 Å². The zero-order valence-electron chi connectivity index (χ0n) is 7.43. The van der Waals surface area contributed by atoms with Crippen LogP contribution in [0.5, 0.6) is 0 Å². The molecule has 6 nitrogen and oxygen atoms in total. The molecule has 3 N–H and O–H groups in total. The molecule has 14 heavy (non-hydrogen) atoms. The standard InChI is InChI=1S/C8H10N4O2/c1-2-4-10-6-3-5-11-8(7(6)9)12(13)14/h2-3,5H,1,4,9H2,(H,10,11). The lowest BCUT2D eigenvalue weighted by atomic mass is 10.3. The van der Waals surface area contributed by atoms with Gasteiger partial charge in [0.25, 0.3) is 0 Å². The van der Waals surface area contributed by atoms with Gasteiger partial charge in [0.2, 0.25) is 0 Å². The molecule has 0 unspecified atom stereocenters. The van der Waals surface area contributed by atoms with Gasteiger partial charge in [0, 0.05) is 12.6 Å². The predicted molar refractivity (Wildman–Crippen MR) is 54.0 cm³/mol. The van der Waals surface area contributed by atoms with Crippen LogP contribution >= 0.6 is 0 Å². The molecule has 0 aliphatic heterocycles. The number of nitrogen functional groups attached to an aromatic ring is 1. The number of aromatic nitrogens is 1. The maximum atomic E-state index is 10.5. The second-order valence-electron chi connectivity index (χ2n) is 2.52. The average Bonchev–Trinajstić information content (AvgIpc) is 2.16. The summed E-state index contributed by atoms with van der Waals surface area (Å²) >= 11 is 0. The Bertz CT molecular complexity index is 364.